The maximum absolute atomic E-state index is 13.0. The van der Waals surface area contributed by atoms with Crippen LogP contribution in [-0.2, 0) is 6.18 Å². The molecule has 11 heteroatoms. The topological polar surface area (TPSA) is 67.1 Å². The molecule has 0 amide bonds. The first-order valence-electron chi connectivity index (χ1n) is 11.4. The summed E-state index contributed by atoms with van der Waals surface area (Å²) < 4.78 is 40.6. The number of hydrogen-bond donors (Lipinski definition) is 2. The van der Waals surface area contributed by atoms with Crippen molar-refractivity contribution >= 4 is 62.6 Å². The Balaban J connectivity index is 1.37. The second kappa shape index (κ2) is 10.0. The van der Waals surface area contributed by atoms with Gasteiger partial charge in [-0.15, -0.1) is 0 Å². The van der Waals surface area contributed by atoms with Crippen LogP contribution >= 0.6 is 23.8 Å². The van der Waals surface area contributed by atoms with Crippen LogP contribution in [0.1, 0.15) is 22.3 Å². The number of rotatable bonds is 4. The molecule has 2 N–H and O–H groups in total. The van der Waals surface area contributed by atoms with Gasteiger partial charge in [-0.2, -0.15) is 18.3 Å². The predicted molar refractivity (Wildman–Crippen MR) is 149 cm³/mol. The van der Waals surface area contributed by atoms with Crippen molar-refractivity contribution in [1.29, 1.82) is 0 Å². The van der Waals surface area contributed by atoms with E-state index in [1.807, 2.05) is 62.4 Å². The second-order valence-electron chi connectivity index (χ2n) is 8.65. The minimum Gasteiger partial charge on any atom is -0.331 e. The Labute approximate surface area is 226 Å². The molecule has 192 valence electrons. The highest BCUT2D eigenvalue weighted by Gasteiger charge is 2.31. The Hall–Kier alpha value is -4.02. The molecule has 0 fully saturated rings. The lowest BCUT2D eigenvalue weighted by atomic mass is 10.1. The molecule has 0 aliphatic rings. The molecular formula is C27H20ClF3N6S. The van der Waals surface area contributed by atoms with Gasteiger partial charge in [-0.1, -0.05) is 48.0 Å². The highest BCUT2D eigenvalue weighted by atomic mass is 35.5. The average molecular weight is 553 g/mol. The number of hydrazone groups is 1. The van der Waals surface area contributed by atoms with E-state index in [-0.39, 0.29) is 10.8 Å². The van der Waals surface area contributed by atoms with Crippen LogP contribution in [0.4, 0.5) is 18.9 Å². The maximum Gasteiger partial charge on any atom is 0.417 e. The van der Waals surface area contributed by atoms with Crippen molar-refractivity contribution in [3.63, 3.8) is 0 Å². The van der Waals surface area contributed by atoms with E-state index in [1.165, 1.54) is 6.33 Å². The number of hydrogen-bond acceptors (Lipinski definition) is 4. The molecule has 0 aliphatic carbocycles. The van der Waals surface area contributed by atoms with Crippen molar-refractivity contribution in [1.82, 2.24) is 20.0 Å². The fraction of sp³-hybridized carbons (Fsp3) is 0.111. The number of pyridine rings is 1. The summed E-state index contributed by atoms with van der Waals surface area (Å²) in [6, 6.07) is 16.3. The van der Waals surface area contributed by atoms with Gasteiger partial charge >= 0.3 is 6.18 Å². The van der Waals surface area contributed by atoms with Crippen LogP contribution in [0.3, 0.4) is 0 Å². The van der Waals surface area contributed by atoms with Gasteiger partial charge in [0.2, 0.25) is 0 Å². The molecule has 0 atom stereocenters. The van der Waals surface area contributed by atoms with E-state index >= 15 is 0 Å². The molecule has 5 aromatic rings. The number of anilines is 1. The summed E-state index contributed by atoms with van der Waals surface area (Å²) in [5.41, 5.74) is 7.21. The summed E-state index contributed by atoms with van der Waals surface area (Å²) in [5.74, 6) is 0.168. The Bertz CT molecular complexity index is 1710. The number of nitrogens with one attached hydrogen (secondary N) is 2. The van der Waals surface area contributed by atoms with Gasteiger partial charge in [0.05, 0.1) is 27.8 Å². The molecule has 0 radical (unpaired) electrons. The number of alkyl halides is 3. The largest absolute Gasteiger partial charge is 0.417 e. The highest BCUT2D eigenvalue weighted by molar-refractivity contribution is 7.80. The van der Waals surface area contributed by atoms with Crippen LogP contribution in [-0.4, -0.2) is 25.9 Å². The Morgan fingerprint density at radius 3 is 2.53 bits per heavy atom. The van der Waals surface area contributed by atoms with E-state index in [2.05, 4.69) is 25.8 Å². The first-order chi connectivity index (χ1) is 18.1. The zero-order valence-electron chi connectivity index (χ0n) is 20.1. The summed E-state index contributed by atoms with van der Waals surface area (Å²) >= 11 is 11.5. The maximum atomic E-state index is 13.0. The smallest absolute Gasteiger partial charge is 0.331 e. The molecule has 0 aliphatic heterocycles. The lowest BCUT2D eigenvalue weighted by Crippen LogP contribution is -2.24. The second-order valence-corrected chi connectivity index (χ2v) is 9.46. The minimum atomic E-state index is -4.53. The zero-order valence-corrected chi connectivity index (χ0v) is 21.7. The molecule has 38 heavy (non-hydrogen) atoms. The van der Waals surface area contributed by atoms with Crippen LogP contribution in [0.15, 0.2) is 72.2 Å². The molecule has 0 saturated carbocycles. The first kappa shape index (κ1) is 25.6. The van der Waals surface area contributed by atoms with Gasteiger partial charge in [-0.3, -0.25) is 9.99 Å². The number of fused-ring (bicyclic) bond motifs is 3. The predicted octanol–water partition coefficient (Wildman–Crippen LogP) is 7.18. The highest BCUT2D eigenvalue weighted by Crippen LogP contribution is 2.33. The van der Waals surface area contributed by atoms with Crippen LogP contribution in [0.5, 0.6) is 0 Å². The monoisotopic (exact) mass is 552 g/mol. The molecule has 6 nitrogen and oxygen atoms in total. The number of aromatic nitrogens is 3. The molecule has 0 unspecified atom stereocenters. The van der Waals surface area contributed by atoms with Gasteiger partial charge in [0.25, 0.3) is 0 Å². The van der Waals surface area contributed by atoms with E-state index in [0.29, 0.717) is 16.1 Å². The van der Waals surface area contributed by atoms with Crippen LogP contribution < -0.4 is 10.7 Å². The quantitative estimate of drug-likeness (QED) is 0.140. The standard InChI is InChI=1S/C27H20ClF3N6S/c1-15-4-3-5-16(2)23(15)35-26(38)36-34-12-17-6-8-20-18(10-17)7-9-22-24(20)33-14-37(22)25-21(28)11-19(13-32-25)27(29,30)31/h3-14H,1-2H3,(H2,35,36,38)/b34-12+. The molecule has 3 aromatic carbocycles. The Morgan fingerprint density at radius 2 is 1.82 bits per heavy atom. The number of imidazole rings is 1. The fourth-order valence-electron chi connectivity index (χ4n) is 4.16. The van der Waals surface area contributed by atoms with Crippen molar-refractivity contribution in [2.24, 2.45) is 5.10 Å². The summed E-state index contributed by atoms with van der Waals surface area (Å²) in [4.78, 5) is 8.42. The number of para-hydroxylation sites is 1. The van der Waals surface area contributed by atoms with Crippen molar-refractivity contribution in [3.8, 4) is 5.82 Å². The Morgan fingerprint density at radius 1 is 1.05 bits per heavy atom. The third kappa shape index (κ3) is 5.05. The zero-order chi connectivity index (χ0) is 27.0. The molecule has 2 heterocycles. The normalized spacial score (nSPS) is 11.9. The molecular weight excluding hydrogens is 533 g/mol. The summed E-state index contributed by atoms with van der Waals surface area (Å²) in [5, 5.41) is 9.44. The number of benzene rings is 3. The van der Waals surface area contributed by atoms with Crippen LogP contribution in [0.2, 0.25) is 5.02 Å². The van der Waals surface area contributed by atoms with E-state index in [9.17, 15) is 13.2 Å². The van der Waals surface area contributed by atoms with E-state index in [4.69, 9.17) is 23.8 Å². The van der Waals surface area contributed by atoms with Gasteiger partial charge in [-0.05, 0) is 66.3 Å². The van der Waals surface area contributed by atoms with Crippen molar-refractivity contribution in [3.05, 3.63) is 94.4 Å². The number of nitrogens with zero attached hydrogens (tertiary/aromatic N) is 4. The van der Waals surface area contributed by atoms with Gasteiger partial charge in [0.1, 0.15) is 6.33 Å². The number of thiocarbonyl (C=S) groups is 1. The van der Waals surface area contributed by atoms with E-state index in [0.717, 1.165) is 45.4 Å². The SMILES string of the molecule is Cc1cccc(C)c1NC(=S)N/N=C/c1ccc2c(ccc3c2ncn3-c2ncc(C(F)(F)F)cc2Cl)c1. The van der Waals surface area contributed by atoms with E-state index in [1.54, 1.807) is 10.8 Å². The molecule has 2 aromatic heterocycles. The summed E-state index contributed by atoms with van der Waals surface area (Å²) in [7, 11) is 0. The third-order valence-electron chi connectivity index (χ3n) is 6.03. The van der Waals surface area contributed by atoms with Crippen molar-refractivity contribution in [2.45, 2.75) is 20.0 Å². The molecule has 0 saturated heterocycles. The summed E-state index contributed by atoms with van der Waals surface area (Å²) in [6.07, 6.45) is -0.612. The average Bonchev–Trinajstić information content (AvgIpc) is 3.30. The van der Waals surface area contributed by atoms with Gasteiger partial charge in [0.15, 0.2) is 10.9 Å². The molecule has 0 bridgehead atoms. The van der Waals surface area contributed by atoms with Gasteiger partial charge in [0, 0.05) is 17.3 Å². The van der Waals surface area contributed by atoms with Gasteiger partial charge in [-0.25, -0.2) is 9.97 Å². The molecule has 5 rings (SSSR count). The number of aryl methyl sites for hydroxylation is 2. The Kier molecular flexibility index (Phi) is 6.77. The number of halogens is 4. The third-order valence-corrected chi connectivity index (χ3v) is 6.50. The van der Waals surface area contributed by atoms with Crippen LogP contribution in [0.25, 0.3) is 27.6 Å². The lowest BCUT2D eigenvalue weighted by Gasteiger charge is -2.12. The minimum absolute atomic E-state index is 0.122. The fourth-order valence-corrected chi connectivity index (χ4v) is 4.57. The lowest BCUT2D eigenvalue weighted by molar-refractivity contribution is -0.137. The first-order valence-corrected chi connectivity index (χ1v) is 12.2. The summed E-state index contributed by atoms with van der Waals surface area (Å²) in [6.45, 7) is 4.01. The van der Waals surface area contributed by atoms with Crippen molar-refractivity contribution < 1.29 is 13.2 Å². The van der Waals surface area contributed by atoms with Gasteiger partial charge < -0.3 is 5.32 Å². The molecule has 0 spiro atoms. The van der Waals surface area contributed by atoms with Crippen LogP contribution in [0, 0.1) is 13.8 Å². The van der Waals surface area contributed by atoms with E-state index < -0.39 is 11.7 Å². The van der Waals surface area contributed by atoms with Crippen molar-refractivity contribution in [2.75, 3.05) is 5.32 Å².